The summed E-state index contributed by atoms with van der Waals surface area (Å²) >= 11 is 2.89. The van der Waals surface area contributed by atoms with E-state index in [1.807, 2.05) is 0 Å². The second-order valence-electron chi connectivity index (χ2n) is 3.30. The molecule has 1 aromatic rings. The van der Waals surface area contributed by atoms with Gasteiger partial charge in [0.1, 0.15) is 11.7 Å². The van der Waals surface area contributed by atoms with E-state index < -0.39 is 12.0 Å². The smallest absolute Gasteiger partial charge is 0.327 e. The molecule has 1 atom stereocenters. The van der Waals surface area contributed by atoms with Gasteiger partial charge in [-0.2, -0.15) is 11.8 Å². The first-order chi connectivity index (χ1) is 7.70. The van der Waals surface area contributed by atoms with E-state index in [2.05, 4.69) is 4.98 Å². The number of hydrogen-bond donors (Lipinski definition) is 1. The fourth-order valence-electron chi connectivity index (χ4n) is 1.52. The summed E-state index contributed by atoms with van der Waals surface area (Å²) in [6, 6.07) is -0.729. The maximum atomic E-state index is 12.0. The van der Waals surface area contributed by atoms with Gasteiger partial charge in [-0.1, -0.05) is 0 Å². The minimum atomic E-state index is -0.948. The molecule has 2 rings (SSSR count). The molecule has 7 heteroatoms. The van der Waals surface area contributed by atoms with Crippen LogP contribution in [0.25, 0.3) is 0 Å². The maximum absolute atomic E-state index is 12.0. The van der Waals surface area contributed by atoms with Crippen molar-refractivity contribution in [3.63, 3.8) is 0 Å². The molecule has 0 bridgehead atoms. The van der Waals surface area contributed by atoms with Gasteiger partial charge in [-0.25, -0.2) is 9.78 Å². The van der Waals surface area contributed by atoms with E-state index in [-0.39, 0.29) is 5.91 Å². The SMILES string of the molecule is O=C(O)C1CSCCN1C(=O)c1cscn1. The highest BCUT2D eigenvalue weighted by Crippen LogP contribution is 2.19. The van der Waals surface area contributed by atoms with Crippen LogP contribution in [-0.2, 0) is 4.79 Å². The highest BCUT2D eigenvalue weighted by Gasteiger charge is 2.33. The predicted octanol–water partition coefficient (Wildman–Crippen LogP) is 0.785. The summed E-state index contributed by atoms with van der Waals surface area (Å²) in [5.41, 5.74) is 1.91. The molecule has 0 spiro atoms. The summed E-state index contributed by atoms with van der Waals surface area (Å²) < 4.78 is 0. The number of carboxylic acid groups (broad SMARTS) is 1. The van der Waals surface area contributed by atoms with Gasteiger partial charge in [0.15, 0.2) is 0 Å². The van der Waals surface area contributed by atoms with Crippen LogP contribution in [0.15, 0.2) is 10.9 Å². The molecule has 0 radical (unpaired) electrons. The number of aromatic nitrogens is 1. The van der Waals surface area contributed by atoms with Gasteiger partial charge in [-0.3, -0.25) is 4.79 Å². The van der Waals surface area contributed by atoms with Gasteiger partial charge in [-0.15, -0.1) is 11.3 Å². The molecule has 1 amide bonds. The number of carboxylic acids is 1. The molecule has 0 aromatic carbocycles. The summed E-state index contributed by atoms with van der Waals surface area (Å²) in [6.45, 7) is 0.470. The van der Waals surface area contributed by atoms with E-state index in [0.717, 1.165) is 5.75 Å². The van der Waals surface area contributed by atoms with E-state index in [0.29, 0.717) is 18.0 Å². The van der Waals surface area contributed by atoms with E-state index in [4.69, 9.17) is 5.11 Å². The van der Waals surface area contributed by atoms with Crippen LogP contribution < -0.4 is 0 Å². The van der Waals surface area contributed by atoms with E-state index in [1.165, 1.54) is 16.2 Å². The summed E-state index contributed by atoms with van der Waals surface area (Å²) in [4.78, 5) is 28.3. The van der Waals surface area contributed by atoms with Crippen LogP contribution in [0.3, 0.4) is 0 Å². The molecule has 16 heavy (non-hydrogen) atoms. The van der Waals surface area contributed by atoms with Gasteiger partial charge in [0.05, 0.1) is 5.51 Å². The average molecular weight is 258 g/mol. The molecule has 1 fully saturated rings. The fraction of sp³-hybridized carbons (Fsp3) is 0.444. The van der Waals surface area contributed by atoms with Crippen LogP contribution in [0.4, 0.5) is 0 Å². The first-order valence-corrected chi connectivity index (χ1v) is 6.79. The van der Waals surface area contributed by atoms with Gasteiger partial charge in [0.2, 0.25) is 0 Å². The average Bonchev–Trinajstić information content (AvgIpc) is 2.81. The van der Waals surface area contributed by atoms with E-state index in [9.17, 15) is 9.59 Å². The topological polar surface area (TPSA) is 70.5 Å². The van der Waals surface area contributed by atoms with Crippen LogP contribution in [0, 0.1) is 0 Å². The Labute approximate surface area is 100 Å². The molecule has 0 saturated carbocycles. The van der Waals surface area contributed by atoms with Crippen molar-refractivity contribution >= 4 is 35.0 Å². The summed E-state index contributed by atoms with van der Waals surface area (Å²) in [5, 5.41) is 10.7. The zero-order valence-corrected chi connectivity index (χ0v) is 9.96. The molecule has 1 aromatic heterocycles. The fourth-order valence-corrected chi connectivity index (χ4v) is 3.08. The highest BCUT2D eigenvalue weighted by molar-refractivity contribution is 7.99. The molecule has 1 aliphatic heterocycles. The van der Waals surface area contributed by atoms with Crippen LogP contribution >= 0.6 is 23.1 Å². The summed E-state index contributed by atoms with van der Waals surface area (Å²) in [6.07, 6.45) is 0. The number of aliphatic carboxylic acids is 1. The second kappa shape index (κ2) is 4.84. The Morgan fingerprint density at radius 2 is 2.38 bits per heavy atom. The molecule has 1 N–H and O–H groups in total. The number of amides is 1. The minimum absolute atomic E-state index is 0.283. The molecule has 1 unspecified atom stereocenters. The van der Waals surface area contributed by atoms with Crippen LogP contribution in [-0.4, -0.2) is 51.0 Å². The predicted molar refractivity (Wildman–Crippen MR) is 61.9 cm³/mol. The standard InChI is InChI=1S/C9H10N2O3S2/c12-8(6-3-16-5-10-6)11-1-2-15-4-7(11)9(13)14/h3,5,7H,1-2,4H2,(H,13,14). The summed E-state index contributed by atoms with van der Waals surface area (Å²) in [5.74, 6) is -0.00468. The minimum Gasteiger partial charge on any atom is -0.480 e. The van der Waals surface area contributed by atoms with Gasteiger partial charge >= 0.3 is 5.97 Å². The molecular weight excluding hydrogens is 248 g/mol. The third-order valence-corrected chi connectivity index (χ3v) is 3.93. The Morgan fingerprint density at radius 1 is 1.56 bits per heavy atom. The molecule has 5 nitrogen and oxygen atoms in total. The number of nitrogens with zero attached hydrogens (tertiary/aromatic N) is 2. The molecular formula is C9H10N2O3S2. The Bertz CT molecular complexity index is 393. The third-order valence-electron chi connectivity index (χ3n) is 2.33. The second-order valence-corrected chi connectivity index (χ2v) is 5.17. The summed E-state index contributed by atoms with van der Waals surface area (Å²) in [7, 11) is 0. The molecule has 86 valence electrons. The lowest BCUT2D eigenvalue weighted by molar-refractivity contribution is -0.141. The Hall–Kier alpha value is -1.08. The Balaban J connectivity index is 2.17. The molecule has 1 aliphatic rings. The van der Waals surface area contributed by atoms with E-state index in [1.54, 1.807) is 22.7 Å². The van der Waals surface area contributed by atoms with Crippen molar-refractivity contribution in [3.05, 3.63) is 16.6 Å². The molecule has 0 aliphatic carbocycles. The van der Waals surface area contributed by atoms with Crippen molar-refractivity contribution in [2.45, 2.75) is 6.04 Å². The lowest BCUT2D eigenvalue weighted by Gasteiger charge is -2.31. The van der Waals surface area contributed by atoms with Crippen molar-refractivity contribution < 1.29 is 14.7 Å². The van der Waals surface area contributed by atoms with Gasteiger partial charge in [-0.05, 0) is 0 Å². The lowest BCUT2D eigenvalue weighted by Crippen LogP contribution is -2.50. The zero-order valence-electron chi connectivity index (χ0n) is 8.33. The highest BCUT2D eigenvalue weighted by atomic mass is 32.2. The number of hydrogen-bond acceptors (Lipinski definition) is 5. The van der Waals surface area contributed by atoms with Crippen molar-refractivity contribution in [3.8, 4) is 0 Å². The Kier molecular flexibility index (Phi) is 3.45. The van der Waals surface area contributed by atoms with Crippen LogP contribution in [0.5, 0.6) is 0 Å². The largest absolute Gasteiger partial charge is 0.480 e. The Morgan fingerprint density at radius 3 is 3.00 bits per heavy atom. The van der Waals surface area contributed by atoms with E-state index >= 15 is 0 Å². The zero-order chi connectivity index (χ0) is 11.5. The van der Waals surface area contributed by atoms with Crippen molar-refractivity contribution in [1.29, 1.82) is 0 Å². The monoisotopic (exact) mass is 258 g/mol. The maximum Gasteiger partial charge on any atom is 0.327 e. The van der Waals surface area contributed by atoms with Crippen molar-refractivity contribution in [2.75, 3.05) is 18.1 Å². The normalized spacial score (nSPS) is 20.8. The number of carbonyl (C=O) groups excluding carboxylic acids is 1. The van der Waals surface area contributed by atoms with Gasteiger partial charge < -0.3 is 10.0 Å². The quantitative estimate of drug-likeness (QED) is 0.849. The first kappa shape index (κ1) is 11.4. The van der Waals surface area contributed by atoms with Crippen LogP contribution in [0.1, 0.15) is 10.5 Å². The molecule has 1 saturated heterocycles. The lowest BCUT2D eigenvalue weighted by atomic mass is 10.2. The van der Waals surface area contributed by atoms with Gasteiger partial charge in [0.25, 0.3) is 5.91 Å². The third kappa shape index (κ3) is 2.19. The van der Waals surface area contributed by atoms with Crippen LogP contribution in [0.2, 0.25) is 0 Å². The number of carbonyl (C=O) groups is 2. The number of thiazole rings is 1. The van der Waals surface area contributed by atoms with Crippen molar-refractivity contribution in [2.24, 2.45) is 0 Å². The van der Waals surface area contributed by atoms with Gasteiger partial charge in [0, 0.05) is 23.4 Å². The molecule has 2 heterocycles. The number of thioether (sulfide) groups is 1. The number of rotatable bonds is 2. The van der Waals surface area contributed by atoms with Crippen molar-refractivity contribution in [1.82, 2.24) is 9.88 Å². The first-order valence-electron chi connectivity index (χ1n) is 4.70.